The molecule has 0 saturated heterocycles. The Hall–Kier alpha value is -2.26. The van der Waals surface area contributed by atoms with E-state index in [2.05, 4.69) is 10.1 Å². The van der Waals surface area contributed by atoms with Crippen molar-refractivity contribution >= 4 is 23.3 Å². The van der Waals surface area contributed by atoms with E-state index in [-0.39, 0.29) is 11.3 Å². The summed E-state index contributed by atoms with van der Waals surface area (Å²) in [6.45, 7) is 2.40. The quantitative estimate of drug-likeness (QED) is 0.378. The van der Waals surface area contributed by atoms with Crippen molar-refractivity contribution in [2.75, 3.05) is 26.9 Å². The Bertz CT molecular complexity index is 742. The maximum Gasteiger partial charge on any atom is 0.387 e. The highest BCUT2D eigenvalue weighted by Crippen LogP contribution is 2.36. The van der Waals surface area contributed by atoms with Crippen molar-refractivity contribution in [2.45, 2.75) is 32.9 Å². The SMILES string of the molecule is CCOCCCN1C(=S)N[C@H](c2ccccc2OC(F)F)C(C(=O)OC)=C1C. The summed E-state index contributed by atoms with van der Waals surface area (Å²) in [5.74, 6) is -0.601. The molecule has 0 saturated carbocycles. The molecule has 2 rings (SSSR count). The molecule has 1 aromatic carbocycles. The molecule has 0 spiro atoms. The van der Waals surface area contributed by atoms with Crippen LogP contribution < -0.4 is 10.1 Å². The van der Waals surface area contributed by atoms with Gasteiger partial charge >= 0.3 is 12.6 Å². The third-order valence-corrected chi connectivity index (χ3v) is 4.66. The van der Waals surface area contributed by atoms with Crippen molar-refractivity contribution in [3.8, 4) is 5.75 Å². The lowest BCUT2D eigenvalue weighted by Crippen LogP contribution is -2.48. The number of esters is 1. The van der Waals surface area contributed by atoms with E-state index < -0.39 is 18.6 Å². The third kappa shape index (κ3) is 5.17. The lowest BCUT2D eigenvalue weighted by molar-refractivity contribution is -0.136. The van der Waals surface area contributed by atoms with Gasteiger partial charge in [-0.3, -0.25) is 0 Å². The number of hydrogen-bond acceptors (Lipinski definition) is 5. The van der Waals surface area contributed by atoms with Crippen LogP contribution in [-0.2, 0) is 14.3 Å². The van der Waals surface area contributed by atoms with E-state index in [1.54, 1.807) is 30.0 Å². The second-order valence-electron chi connectivity index (χ2n) is 5.99. The molecule has 1 heterocycles. The van der Waals surface area contributed by atoms with Gasteiger partial charge in [0.05, 0.1) is 18.7 Å². The molecule has 0 amide bonds. The number of carbonyl (C=O) groups excluding carboxylic acids is 1. The van der Waals surface area contributed by atoms with Gasteiger partial charge in [-0.1, -0.05) is 18.2 Å². The maximum atomic E-state index is 12.8. The fourth-order valence-electron chi connectivity index (χ4n) is 3.05. The van der Waals surface area contributed by atoms with Gasteiger partial charge in [0.15, 0.2) is 5.11 Å². The average molecular weight is 414 g/mol. The van der Waals surface area contributed by atoms with E-state index in [1.165, 1.54) is 13.2 Å². The zero-order valence-electron chi connectivity index (χ0n) is 16.0. The average Bonchev–Trinajstić information content (AvgIpc) is 2.66. The minimum absolute atomic E-state index is 0.0307. The number of benzene rings is 1. The van der Waals surface area contributed by atoms with Crippen molar-refractivity contribution in [2.24, 2.45) is 0 Å². The predicted octanol–water partition coefficient (Wildman–Crippen LogP) is 3.39. The minimum Gasteiger partial charge on any atom is -0.466 e. The minimum atomic E-state index is -2.99. The molecule has 0 fully saturated rings. The van der Waals surface area contributed by atoms with Crippen LogP contribution in [0.1, 0.15) is 31.9 Å². The van der Waals surface area contributed by atoms with Crippen molar-refractivity contribution in [3.63, 3.8) is 0 Å². The number of rotatable bonds is 9. The van der Waals surface area contributed by atoms with Gasteiger partial charge in [0.25, 0.3) is 0 Å². The molecule has 0 radical (unpaired) electrons. The van der Waals surface area contributed by atoms with E-state index in [4.69, 9.17) is 21.7 Å². The molecular weight excluding hydrogens is 390 g/mol. The van der Waals surface area contributed by atoms with E-state index in [9.17, 15) is 13.6 Å². The number of nitrogens with zero attached hydrogens (tertiary/aromatic N) is 1. The van der Waals surface area contributed by atoms with Crippen LogP contribution in [0.4, 0.5) is 8.78 Å². The first kappa shape index (κ1) is 22.0. The number of allylic oxidation sites excluding steroid dienone is 1. The summed E-state index contributed by atoms with van der Waals surface area (Å²) >= 11 is 5.46. The van der Waals surface area contributed by atoms with Crippen molar-refractivity contribution in [1.29, 1.82) is 0 Å². The van der Waals surface area contributed by atoms with Crippen LogP contribution in [0, 0.1) is 0 Å². The number of para-hydroxylation sites is 1. The number of carbonyl (C=O) groups is 1. The van der Waals surface area contributed by atoms with Crippen LogP contribution in [0.3, 0.4) is 0 Å². The summed E-state index contributed by atoms with van der Waals surface area (Å²) in [7, 11) is 1.27. The van der Waals surface area contributed by atoms with Gasteiger partial charge in [-0.15, -0.1) is 0 Å². The number of alkyl halides is 2. The van der Waals surface area contributed by atoms with Crippen LogP contribution in [-0.4, -0.2) is 49.5 Å². The largest absolute Gasteiger partial charge is 0.466 e. The van der Waals surface area contributed by atoms with E-state index in [1.807, 2.05) is 6.92 Å². The van der Waals surface area contributed by atoms with Crippen LogP contribution in [0.2, 0.25) is 0 Å². The summed E-state index contributed by atoms with van der Waals surface area (Å²) in [4.78, 5) is 14.3. The Morgan fingerprint density at radius 1 is 1.36 bits per heavy atom. The van der Waals surface area contributed by atoms with Gasteiger partial charge in [-0.25, -0.2) is 4.79 Å². The van der Waals surface area contributed by atoms with Gasteiger partial charge in [-0.2, -0.15) is 8.78 Å². The molecule has 6 nitrogen and oxygen atoms in total. The summed E-state index contributed by atoms with van der Waals surface area (Å²) < 4.78 is 40.5. The van der Waals surface area contributed by atoms with E-state index in [0.717, 1.165) is 0 Å². The standard InChI is InChI=1S/C19H24F2N2O4S/c1-4-26-11-7-10-23-12(2)15(17(24)25-3)16(22-19(23)28)13-8-5-6-9-14(13)27-18(20)21/h5-6,8-9,16,18H,4,7,10-11H2,1-3H3,(H,22,28)/t16-/m1/s1. The number of thiocarbonyl (C=S) groups is 1. The molecule has 154 valence electrons. The van der Waals surface area contributed by atoms with Gasteiger partial charge in [0.2, 0.25) is 0 Å². The Morgan fingerprint density at radius 3 is 2.71 bits per heavy atom. The molecule has 0 aromatic heterocycles. The Morgan fingerprint density at radius 2 is 2.07 bits per heavy atom. The molecular formula is C19H24F2N2O4S. The van der Waals surface area contributed by atoms with Gasteiger partial charge in [0, 0.05) is 31.0 Å². The fourth-order valence-corrected chi connectivity index (χ4v) is 3.40. The van der Waals surface area contributed by atoms with Crippen molar-refractivity contribution in [1.82, 2.24) is 10.2 Å². The number of methoxy groups -OCH3 is 1. The monoisotopic (exact) mass is 414 g/mol. The van der Waals surface area contributed by atoms with Crippen LogP contribution in [0.15, 0.2) is 35.5 Å². The van der Waals surface area contributed by atoms with Crippen LogP contribution >= 0.6 is 12.2 Å². The maximum absolute atomic E-state index is 12.8. The first-order chi connectivity index (χ1) is 13.4. The van der Waals surface area contributed by atoms with Gasteiger partial charge in [0.1, 0.15) is 5.75 Å². The van der Waals surface area contributed by atoms with Crippen molar-refractivity contribution < 1.29 is 27.8 Å². The zero-order valence-corrected chi connectivity index (χ0v) is 16.9. The van der Waals surface area contributed by atoms with Crippen molar-refractivity contribution in [3.05, 3.63) is 41.1 Å². The molecule has 1 atom stereocenters. The highest BCUT2D eigenvalue weighted by atomic mass is 32.1. The first-order valence-electron chi connectivity index (χ1n) is 8.89. The second kappa shape index (κ2) is 10.3. The lowest BCUT2D eigenvalue weighted by atomic mass is 9.94. The first-order valence-corrected chi connectivity index (χ1v) is 9.30. The van der Waals surface area contributed by atoms with E-state index >= 15 is 0 Å². The van der Waals surface area contributed by atoms with Crippen LogP contribution in [0.25, 0.3) is 0 Å². The topological polar surface area (TPSA) is 60.0 Å². The molecule has 1 aliphatic rings. The molecule has 0 bridgehead atoms. The smallest absolute Gasteiger partial charge is 0.387 e. The number of ether oxygens (including phenoxy) is 3. The Kier molecular flexibility index (Phi) is 8.13. The summed E-state index contributed by atoms with van der Waals surface area (Å²) in [5, 5.41) is 3.45. The fraction of sp³-hybridized carbons (Fsp3) is 0.474. The lowest BCUT2D eigenvalue weighted by Gasteiger charge is -2.37. The third-order valence-electron chi connectivity index (χ3n) is 4.32. The van der Waals surface area contributed by atoms with Crippen LogP contribution in [0.5, 0.6) is 5.75 Å². The zero-order chi connectivity index (χ0) is 20.7. The summed E-state index contributed by atoms with van der Waals surface area (Å²) in [6, 6.07) is 5.52. The molecule has 0 aliphatic carbocycles. The number of halogens is 2. The second-order valence-corrected chi connectivity index (χ2v) is 6.38. The molecule has 1 N–H and O–H groups in total. The predicted molar refractivity (Wildman–Crippen MR) is 104 cm³/mol. The van der Waals surface area contributed by atoms with Gasteiger partial charge < -0.3 is 24.4 Å². The molecule has 28 heavy (non-hydrogen) atoms. The molecule has 1 aliphatic heterocycles. The normalized spacial score (nSPS) is 17.0. The molecule has 9 heteroatoms. The highest BCUT2D eigenvalue weighted by molar-refractivity contribution is 7.80. The Labute approximate surface area is 168 Å². The molecule has 0 unspecified atom stereocenters. The number of nitrogens with one attached hydrogen (secondary N) is 1. The molecule has 1 aromatic rings. The summed E-state index contributed by atoms with van der Waals surface area (Å²) in [5.41, 5.74) is 1.26. The highest BCUT2D eigenvalue weighted by Gasteiger charge is 2.36. The Balaban J connectivity index is 2.41. The van der Waals surface area contributed by atoms with Gasteiger partial charge in [-0.05, 0) is 38.6 Å². The number of hydrogen-bond donors (Lipinski definition) is 1. The summed E-state index contributed by atoms with van der Waals surface area (Å²) in [6.07, 6.45) is 0.706. The van der Waals surface area contributed by atoms with E-state index in [0.29, 0.717) is 42.6 Å².